The SMILES string of the molecule is Cc1cnc(CCNC2CCC(C)C2)s1. The molecule has 1 N–H and O–H groups in total. The number of aryl methyl sites for hydroxylation is 1. The number of nitrogens with zero attached hydrogens (tertiary/aromatic N) is 1. The summed E-state index contributed by atoms with van der Waals surface area (Å²) in [6.45, 7) is 5.56. The van der Waals surface area contributed by atoms with Gasteiger partial charge in [-0.3, -0.25) is 0 Å². The lowest BCUT2D eigenvalue weighted by atomic mass is 10.1. The number of thiazole rings is 1. The van der Waals surface area contributed by atoms with Gasteiger partial charge in [0.15, 0.2) is 0 Å². The molecule has 1 fully saturated rings. The summed E-state index contributed by atoms with van der Waals surface area (Å²) in [5.74, 6) is 0.921. The first-order valence-electron chi connectivity index (χ1n) is 5.88. The molecule has 0 spiro atoms. The van der Waals surface area contributed by atoms with Crippen molar-refractivity contribution in [1.82, 2.24) is 10.3 Å². The molecule has 84 valence electrons. The number of hydrogen-bond acceptors (Lipinski definition) is 3. The van der Waals surface area contributed by atoms with Crippen LogP contribution in [0.1, 0.15) is 36.1 Å². The summed E-state index contributed by atoms with van der Waals surface area (Å²) in [6, 6.07) is 0.765. The molecule has 1 heterocycles. The highest BCUT2D eigenvalue weighted by Gasteiger charge is 2.20. The highest BCUT2D eigenvalue weighted by molar-refractivity contribution is 7.11. The van der Waals surface area contributed by atoms with Gasteiger partial charge in [0, 0.05) is 30.1 Å². The Labute approximate surface area is 96.1 Å². The van der Waals surface area contributed by atoms with Crippen LogP contribution in [0, 0.1) is 12.8 Å². The molecule has 0 aromatic carbocycles. The first-order chi connectivity index (χ1) is 7.24. The molecule has 3 heteroatoms. The molecular formula is C12H20N2S. The van der Waals surface area contributed by atoms with E-state index < -0.39 is 0 Å². The zero-order valence-corrected chi connectivity index (χ0v) is 10.4. The van der Waals surface area contributed by atoms with Crippen LogP contribution in [0.25, 0.3) is 0 Å². The molecule has 0 bridgehead atoms. The van der Waals surface area contributed by atoms with Crippen molar-refractivity contribution in [2.24, 2.45) is 5.92 Å². The van der Waals surface area contributed by atoms with Crippen LogP contribution in [0.5, 0.6) is 0 Å². The molecule has 0 amide bonds. The highest BCUT2D eigenvalue weighted by Crippen LogP contribution is 2.24. The van der Waals surface area contributed by atoms with E-state index in [4.69, 9.17) is 0 Å². The van der Waals surface area contributed by atoms with Crippen LogP contribution in [-0.4, -0.2) is 17.6 Å². The lowest BCUT2D eigenvalue weighted by Gasteiger charge is -2.10. The maximum atomic E-state index is 4.37. The Kier molecular flexibility index (Phi) is 3.76. The quantitative estimate of drug-likeness (QED) is 0.850. The Morgan fingerprint density at radius 3 is 3.00 bits per heavy atom. The van der Waals surface area contributed by atoms with Crippen molar-refractivity contribution in [3.05, 3.63) is 16.1 Å². The average Bonchev–Trinajstić information content (AvgIpc) is 2.76. The van der Waals surface area contributed by atoms with Crippen molar-refractivity contribution in [1.29, 1.82) is 0 Å². The van der Waals surface area contributed by atoms with Crippen LogP contribution in [0.2, 0.25) is 0 Å². The van der Waals surface area contributed by atoms with Crippen molar-refractivity contribution >= 4 is 11.3 Å². The second-order valence-electron chi connectivity index (χ2n) is 4.68. The Morgan fingerprint density at radius 2 is 2.40 bits per heavy atom. The van der Waals surface area contributed by atoms with Gasteiger partial charge in [0.05, 0.1) is 5.01 Å². The molecular weight excluding hydrogens is 204 g/mol. The highest BCUT2D eigenvalue weighted by atomic mass is 32.1. The van der Waals surface area contributed by atoms with E-state index in [0.29, 0.717) is 0 Å². The molecule has 0 saturated heterocycles. The molecule has 1 aromatic rings. The number of aromatic nitrogens is 1. The second-order valence-corrected chi connectivity index (χ2v) is 6.00. The van der Waals surface area contributed by atoms with E-state index in [1.165, 1.54) is 29.1 Å². The molecule has 1 aliphatic carbocycles. The molecule has 1 aliphatic rings. The minimum atomic E-state index is 0.765. The van der Waals surface area contributed by atoms with Crippen LogP contribution < -0.4 is 5.32 Å². The first-order valence-corrected chi connectivity index (χ1v) is 6.70. The van der Waals surface area contributed by atoms with Gasteiger partial charge in [0.25, 0.3) is 0 Å². The normalized spacial score (nSPS) is 26.0. The zero-order valence-electron chi connectivity index (χ0n) is 9.62. The van der Waals surface area contributed by atoms with Crippen LogP contribution in [0.3, 0.4) is 0 Å². The van der Waals surface area contributed by atoms with Gasteiger partial charge < -0.3 is 5.32 Å². The van der Waals surface area contributed by atoms with Gasteiger partial charge in [-0.1, -0.05) is 6.92 Å². The molecule has 2 unspecified atom stereocenters. The molecule has 0 radical (unpaired) electrons. The van der Waals surface area contributed by atoms with Gasteiger partial charge in [-0.15, -0.1) is 11.3 Å². The number of hydrogen-bond donors (Lipinski definition) is 1. The maximum Gasteiger partial charge on any atom is 0.0940 e. The van der Waals surface area contributed by atoms with E-state index in [-0.39, 0.29) is 0 Å². The van der Waals surface area contributed by atoms with Crippen LogP contribution in [0.4, 0.5) is 0 Å². The monoisotopic (exact) mass is 224 g/mol. The maximum absolute atomic E-state index is 4.37. The van der Waals surface area contributed by atoms with Crippen LogP contribution in [-0.2, 0) is 6.42 Å². The van der Waals surface area contributed by atoms with Crippen molar-refractivity contribution in [3.63, 3.8) is 0 Å². The summed E-state index contributed by atoms with van der Waals surface area (Å²) < 4.78 is 0. The van der Waals surface area contributed by atoms with E-state index in [2.05, 4.69) is 24.1 Å². The summed E-state index contributed by atoms with van der Waals surface area (Å²) in [4.78, 5) is 5.69. The lowest BCUT2D eigenvalue weighted by Crippen LogP contribution is -2.28. The molecule has 1 aromatic heterocycles. The van der Waals surface area contributed by atoms with E-state index >= 15 is 0 Å². The van der Waals surface area contributed by atoms with Gasteiger partial charge >= 0.3 is 0 Å². The van der Waals surface area contributed by atoms with E-state index in [1.54, 1.807) is 0 Å². The van der Waals surface area contributed by atoms with Crippen molar-refractivity contribution in [3.8, 4) is 0 Å². The van der Waals surface area contributed by atoms with Crippen molar-refractivity contribution in [2.75, 3.05) is 6.54 Å². The molecule has 2 nitrogen and oxygen atoms in total. The third kappa shape index (κ3) is 3.28. The van der Waals surface area contributed by atoms with Crippen molar-refractivity contribution < 1.29 is 0 Å². The lowest BCUT2D eigenvalue weighted by molar-refractivity contribution is 0.505. The topological polar surface area (TPSA) is 24.9 Å². The third-order valence-corrected chi connectivity index (χ3v) is 4.11. The summed E-state index contributed by atoms with van der Waals surface area (Å²) >= 11 is 1.82. The fourth-order valence-corrected chi connectivity index (χ4v) is 3.08. The number of rotatable bonds is 4. The Hall–Kier alpha value is -0.410. The summed E-state index contributed by atoms with van der Waals surface area (Å²) in [5, 5.41) is 4.91. The fraction of sp³-hybridized carbons (Fsp3) is 0.750. The first kappa shape index (κ1) is 11.1. The van der Waals surface area contributed by atoms with Crippen LogP contribution >= 0.6 is 11.3 Å². The minimum absolute atomic E-state index is 0.765. The molecule has 2 rings (SSSR count). The van der Waals surface area contributed by atoms with E-state index in [0.717, 1.165) is 24.9 Å². The third-order valence-electron chi connectivity index (χ3n) is 3.14. The van der Waals surface area contributed by atoms with Crippen molar-refractivity contribution in [2.45, 2.75) is 45.6 Å². The average molecular weight is 224 g/mol. The Bertz CT molecular complexity index is 308. The largest absolute Gasteiger partial charge is 0.314 e. The standard InChI is InChI=1S/C12H20N2S/c1-9-3-4-11(7-9)13-6-5-12-14-8-10(2)15-12/h8-9,11,13H,3-7H2,1-2H3. The Morgan fingerprint density at radius 1 is 1.53 bits per heavy atom. The summed E-state index contributed by atoms with van der Waals surface area (Å²) in [7, 11) is 0. The van der Waals surface area contributed by atoms with E-state index in [9.17, 15) is 0 Å². The zero-order chi connectivity index (χ0) is 10.7. The predicted molar refractivity (Wildman–Crippen MR) is 65.4 cm³/mol. The summed E-state index contributed by atoms with van der Waals surface area (Å²) in [5.41, 5.74) is 0. The smallest absolute Gasteiger partial charge is 0.0940 e. The summed E-state index contributed by atoms with van der Waals surface area (Å²) in [6.07, 6.45) is 7.17. The predicted octanol–water partition coefficient (Wildman–Crippen LogP) is 2.77. The fourth-order valence-electron chi connectivity index (χ4n) is 2.29. The molecule has 0 aliphatic heterocycles. The minimum Gasteiger partial charge on any atom is -0.314 e. The van der Waals surface area contributed by atoms with Gasteiger partial charge in [0.1, 0.15) is 0 Å². The number of nitrogens with one attached hydrogen (secondary N) is 1. The Balaban J connectivity index is 1.67. The van der Waals surface area contributed by atoms with Gasteiger partial charge in [-0.2, -0.15) is 0 Å². The molecule has 1 saturated carbocycles. The van der Waals surface area contributed by atoms with Gasteiger partial charge in [-0.05, 0) is 32.1 Å². The molecule has 15 heavy (non-hydrogen) atoms. The van der Waals surface area contributed by atoms with E-state index in [1.807, 2.05) is 17.5 Å². The van der Waals surface area contributed by atoms with Gasteiger partial charge in [-0.25, -0.2) is 4.98 Å². The second kappa shape index (κ2) is 5.08. The molecule has 2 atom stereocenters. The van der Waals surface area contributed by atoms with Crippen LogP contribution in [0.15, 0.2) is 6.20 Å². The van der Waals surface area contributed by atoms with Gasteiger partial charge in [0.2, 0.25) is 0 Å².